The number of benzene rings is 1. The molecule has 2 rings (SSSR count). The summed E-state index contributed by atoms with van der Waals surface area (Å²) in [7, 11) is 0. The molecule has 102 valence electrons. The van der Waals surface area contributed by atoms with E-state index in [0.29, 0.717) is 19.6 Å². The highest BCUT2D eigenvalue weighted by Crippen LogP contribution is 2.12. The maximum atomic E-state index is 12.3. The summed E-state index contributed by atoms with van der Waals surface area (Å²) in [6.45, 7) is 7.38. The van der Waals surface area contributed by atoms with E-state index in [4.69, 9.17) is 0 Å². The van der Waals surface area contributed by atoms with Gasteiger partial charge in [0.1, 0.15) is 0 Å². The van der Waals surface area contributed by atoms with Crippen LogP contribution in [0.5, 0.6) is 0 Å². The van der Waals surface area contributed by atoms with E-state index in [1.807, 2.05) is 32.0 Å². The van der Waals surface area contributed by atoms with Crippen LogP contribution in [0.4, 0.5) is 0 Å². The van der Waals surface area contributed by atoms with E-state index >= 15 is 0 Å². The van der Waals surface area contributed by atoms with Crippen molar-refractivity contribution in [3.63, 3.8) is 0 Å². The van der Waals surface area contributed by atoms with Crippen molar-refractivity contribution in [3.8, 4) is 0 Å². The van der Waals surface area contributed by atoms with Gasteiger partial charge in [0.2, 0.25) is 6.41 Å². The minimum atomic E-state index is 0.167. The zero-order valence-electron chi connectivity index (χ0n) is 11.6. The summed E-state index contributed by atoms with van der Waals surface area (Å²) in [4.78, 5) is 26.8. The first-order valence-corrected chi connectivity index (χ1v) is 6.62. The summed E-state index contributed by atoms with van der Waals surface area (Å²) in [6.07, 6.45) is 0.879. The number of carbonyl (C=O) groups excluding carboxylic acids is 2. The zero-order chi connectivity index (χ0) is 13.8. The van der Waals surface area contributed by atoms with Gasteiger partial charge in [0.05, 0.1) is 6.54 Å². The number of amides is 1. The Bertz CT molecular complexity index is 477. The Morgan fingerprint density at radius 2 is 1.89 bits per heavy atom. The largest absolute Gasteiger partial charge is 0.343 e. The molecule has 0 atom stereocenters. The molecule has 0 saturated carbocycles. The van der Waals surface area contributed by atoms with Crippen LogP contribution in [0.3, 0.4) is 0 Å². The third-order valence-corrected chi connectivity index (χ3v) is 3.62. The Morgan fingerprint density at radius 3 is 2.53 bits per heavy atom. The molecule has 4 heteroatoms. The van der Waals surface area contributed by atoms with Gasteiger partial charge < -0.3 is 4.90 Å². The number of Topliss-reactive ketones (excluding diaryl/α,β-unsaturated/α-hetero) is 1. The predicted octanol–water partition coefficient (Wildman–Crippen LogP) is 1.26. The molecule has 0 radical (unpaired) electrons. The fraction of sp³-hybridized carbons (Fsp3) is 0.467. The topological polar surface area (TPSA) is 40.6 Å². The van der Waals surface area contributed by atoms with Gasteiger partial charge in [-0.05, 0) is 25.5 Å². The number of carbonyl (C=O) groups is 2. The number of hydrogen-bond acceptors (Lipinski definition) is 3. The SMILES string of the molecule is Cc1ccc(C)c(C(=O)CN2CCN(C=O)CC2)c1. The average molecular weight is 260 g/mol. The summed E-state index contributed by atoms with van der Waals surface area (Å²) < 4.78 is 0. The van der Waals surface area contributed by atoms with Gasteiger partial charge in [-0.25, -0.2) is 0 Å². The van der Waals surface area contributed by atoms with E-state index in [1.165, 1.54) is 0 Å². The van der Waals surface area contributed by atoms with Crippen LogP contribution in [0.15, 0.2) is 18.2 Å². The van der Waals surface area contributed by atoms with Crippen LogP contribution in [0, 0.1) is 13.8 Å². The molecule has 1 heterocycles. The molecule has 1 amide bonds. The maximum Gasteiger partial charge on any atom is 0.209 e. The fourth-order valence-electron chi connectivity index (χ4n) is 2.35. The van der Waals surface area contributed by atoms with E-state index in [2.05, 4.69) is 4.90 Å². The number of ketones is 1. The standard InChI is InChI=1S/C15H20N2O2/c1-12-3-4-13(2)14(9-12)15(19)10-16-5-7-17(11-18)8-6-16/h3-4,9,11H,5-8,10H2,1-2H3. The summed E-state index contributed by atoms with van der Waals surface area (Å²) in [6, 6.07) is 5.97. The Morgan fingerprint density at radius 1 is 1.21 bits per heavy atom. The summed E-state index contributed by atoms with van der Waals surface area (Å²) in [5, 5.41) is 0. The van der Waals surface area contributed by atoms with E-state index in [0.717, 1.165) is 36.2 Å². The third-order valence-electron chi connectivity index (χ3n) is 3.62. The molecule has 0 aliphatic carbocycles. The minimum Gasteiger partial charge on any atom is -0.343 e. The molecule has 1 fully saturated rings. The Balaban J connectivity index is 1.98. The Labute approximate surface area is 114 Å². The van der Waals surface area contributed by atoms with E-state index in [1.54, 1.807) is 4.90 Å². The molecule has 0 N–H and O–H groups in total. The van der Waals surface area contributed by atoms with Gasteiger partial charge in [0, 0.05) is 31.7 Å². The Hall–Kier alpha value is -1.68. The second-order valence-electron chi connectivity index (χ2n) is 5.16. The summed E-state index contributed by atoms with van der Waals surface area (Å²) >= 11 is 0. The molecule has 1 aliphatic heterocycles. The van der Waals surface area contributed by atoms with Crippen molar-refractivity contribution in [2.45, 2.75) is 13.8 Å². The third kappa shape index (κ3) is 3.41. The number of piperazine rings is 1. The molecule has 0 aromatic heterocycles. The molecule has 4 nitrogen and oxygen atoms in total. The van der Waals surface area contributed by atoms with E-state index < -0.39 is 0 Å². The van der Waals surface area contributed by atoms with Gasteiger partial charge in [0.25, 0.3) is 0 Å². The number of hydrogen-bond donors (Lipinski definition) is 0. The van der Waals surface area contributed by atoms with Crippen LogP contribution < -0.4 is 0 Å². The monoisotopic (exact) mass is 260 g/mol. The first-order chi connectivity index (χ1) is 9.10. The molecule has 0 unspecified atom stereocenters. The van der Waals surface area contributed by atoms with Crippen molar-refractivity contribution >= 4 is 12.2 Å². The highest BCUT2D eigenvalue weighted by molar-refractivity contribution is 5.99. The molecule has 19 heavy (non-hydrogen) atoms. The van der Waals surface area contributed by atoms with Gasteiger partial charge in [-0.3, -0.25) is 14.5 Å². The van der Waals surface area contributed by atoms with Gasteiger partial charge in [0.15, 0.2) is 5.78 Å². The van der Waals surface area contributed by atoms with Crippen molar-refractivity contribution < 1.29 is 9.59 Å². The van der Waals surface area contributed by atoms with Crippen LogP contribution in [-0.4, -0.2) is 54.7 Å². The maximum absolute atomic E-state index is 12.3. The summed E-state index contributed by atoms with van der Waals surface area (Å²) in [5.74, 6) is 0.167. The molecule has 1 saturated heterocycles. The second-order valence-corrected chi connectivity index (χ2v) is 5.16. The van der Waals surface area contributed by atoms with Crippen LogP contribution in [0.1, 0.15) is 21.5 Å². The highest BCUT2D eigenvalue weighted by Gasteiger charge is 2.19. The van der Waals surface area contributed by atoms with Gasteiger partial charge >= 0.3 is 0 Å². The first kappa shape index (κ1) is 13.7. The smallest absolute Gasteiger partial charge is 0.209 e. The number of nitrogens with zero attached hydrogens (tertiary/aromatic N) is 2. The molecule has 1 aliphatic rings. The van der Waals surface area contributed by atoms with Gasteiger partial charge in [-0.2, -0.15) is 0 Å². The molecule has 0 bridgehead atoms. The minimum absolute atomic E-state index is 0.167. The van der Waals surface area contributed by atoms with Crippen molar-refractivity contribution in [2.75, 3.05) is 32.7 Å². The van der Waals surface area contributed by atoms with Crippen LogP contribution >= 0.6 is 0 Å². The molecule has 0 spiro atoms. The van der Waals surface area contributed by atoms with Crippen molar-refractivity contribution in [1.29, 1.82) is 0 Å². The lowest BCUT2D eigenvalue weighted by molar-refractivity contribution is -0.119. The first-order valence-electron chi connectivity index (χ1n) is 6.62. The molecule has 1 aromatic rings. The predicted molar refractivity (Wildman–Crippen MR) is 74.3 cm³/mol. The normalized spacial score (nSPS) is 16.4. The van der Waals surface area contributed by atoms with Crippen molar-refractivity contribution in [1.82, 2.24) is 9.80 Å². The van der Waals surface area contributed by atoms with E-state index in [9.17, 15) is 9.59 Å². The van der Waals surface area contributed by atoms with Gasteiger partial charge in [-0.1, -0.05) is 17.7 Å². The van der Waals surface area contributed by atoms with Crippen LogP contribution in [0.2, 0.25) is 0 Å². The van der Waals surface area contributed by atoms with Crippen molar-refractivity contribution in [2.24, 2.45) is 0 Å². The average Bonchev–Trinajstić information content (AvgIpc) is 2.42. The lowest BCUT2D eigenvalue weighted by Crippen LogP contribution is -2.47. The molecular weight excluding hydrogens is 240 g/mol. The lowest BCUT2D eigenvalue weighted by atomic mass is 10.0. The van der Waals surface area contributed by atoms with Crippen LogP contribution in [-0.2, 0) is 4.79 Å². The zero-order valence-corrected chi connectivity index (χ0v) is 11.6. The lowest BCUT2D eigenvalue weighted by Gasteiger charge is -2.32. The molecular formula is C15H20N2O2. The van der Waals surface area contributed by atoms with Crippen LogP contribution in [0.25, 0.3) is 0 Å². The second kappa shape index (κ2) is 5.97. The Kier molecular flexibility index (Phi) is 4.32. The molecule has 1 aromatic carbocycles. The number of aryl methyl sites for hydroxylation is 2. The van der Waals surface area contributed by atoms with Gasteiger partial charge in [-0.15, -0.1) is 0 Å². The highest BCUT2D eigenvalue weighted by atomic mass is 16.1. The summed E-state index contributed by atoms with van der Waals surface area (Å²) in [5.41, 5.74) is 2.96. The fourth-order valence-corrected chi connectivity index (χ4v) is 2.35. The quantitative estimate of drug-likeness (QED) is 0.604. The van der Waals surface area contributed by atoms with E-state index in [-0.39, 0.29) is 5.78 Å². The van der Waals surface area contributed by atoms with Crippen molar-refractivity contribution in [3.05, 3.63) is 34.9 Å². The number of rotatable bonds is 4.